The maximum atomic E-state index is 11.8. The Morgan fingerprint density at radius 3 is 2.73 bits per heavy atom. The van der Waals surface area contributed by atoms with Gasteiger partial charge in [0.2, 0.25) is 0 Å². The summed E-state index contributed by atoms with van der Waals surface area (Å²) in [6.45, 7) is 1.53. The first kappa shape index (κ1) is 13.2. The molecule has 2 amide bonds. The van der Waals surface area contributed by atoms with Crippen LogP contribution < -0.4 is 10.6 Å². The van der Waals surface area contributed by atoms with Gasteiger partial charge in [-0.05, 0) is 37.1 Å². The van der Waals surface area contributed by atoms with E-state index in [1.54, 1.807) is 7.05 Å². The number of aromatic nitrogens is 1. The summed E-state index contributed by atoms with van der Waals surface area (Å²) in [5.41, 5.74) is 3.58. The van der Waals surface area contributed by atoms with Crippen molar-refractivity contribution in [2.24, 2.45) is 0 Å². The topological polar surface area (TPSA) is 49.3 Å². The number of likely N-dealkylation sites (tertiary alicyclic amines) is 1. The molecule has 0 radical (unpaired) electrons. The van der Waals surface area contributed by atoms with Crippen molar-refractivity contribution in [1.82, 2.24) is 14.8 Å². The summed E-state index contributed by atoms with van der Waals surface area (Å²) in [5, 5.41) is 6.47. The number of fused-ring (bicyclic) bond motifs is 4. The molecule has 0 unspecified atom stereocenters. The van der Waals surface area contributed by atoms with Gasteiger partial charge >= 0.3 is 6.03 Å². The van der Waals surface area contributed by atoms with Crippen LogP contribution in [-0.4, -0.2) is 35.6 Å². The molecule has 3 heterocycles. The monoisotopic (exact) mass is 296 g/mol. The molecule has 1 spiro atoms. The van der Waals surface area contributed by atoms with Crippen LogP contribution in [0.4, 0.5) is 10.5 Å². The van der Waals surface area contributed by atoms with Gasteiger partial charge in [-0.2, -0.15) is 0 Å². The zero-order chi connectivity index (χ0) is 15.2. The number of urea groups is 1. The van der Waals surface area contributed by atoms with Gasteiger partial charge in [0.05, 0.1) is 16.9 Å². The smallest absolute Gasteiger partial charge is 0.317 e. The second-order valence-electron chi connectivity index (χ2n) is 6.03. The Labute approximate surface area is 129 Å². The van der Waals surface area contributed by atoms with Crippen LogP contribution in [0.15, 0.2) is 42.6 Å². The van der Waals surface area contributed by atoms with Crippen LogP contribution in [0.3, 0.4) is 0 Å². The van der Waals surface area contributed by atoms with Crippen molar-refractivity contribution in [3.63, 3.8) is 0 Å². The molecule has 2 aliphatic rings. The minimum atomic E-state index is -0.0810. The predicted molar refractivity (Wildman–Crippen MR) is 86.3 cm³/mol. The molecule has 2 aliphatic heterocycles. The highest BCUT2D eigenvalue weighted by molar-refractivity contribution is 5.74. The van der Waals surface area contributed by atoms with Gasteiger partial charge in [-0.25, -0.2) is 4.79 Å². The molecule has 22 heavy (non-hydrogen) atoms. The zero-order valence-corrected chi connectivity index (χ0v) is 12.7. The first-order chi connectivity index (χ1) is 10.7. The molecule has 4 rings (SSSR count). The average Bonchev–Trinajstić information content (AvgIpc) is 3.06. The van der Waals surface area contributed by atoms with Crippen LogP contribution >= 0.6 is 0 Å². The Morgan fingerprint density at radius 1 is 1.18 bits per heavy atom. The number of anilines is 1. The molecule has 2 N–H and O–H groups in total. The number of benzene rings is 1. The summed E-state index contributed by atoms with van der Waals surface area (Å²) in [4.78, 5) is 13.7. The maximum absolute atomic E-state index is 11.8. The Balaban J connectivity index is 1.69. The summed E-state index contributed by atoms with van der Waals surface area (Å²) in [6.07, 6.45) is 3.96. The number of hydrogen-bond donors (Lipinski definition) is 2. The lowest BCUT2D eigenvalue weighted by Crippen LogP contribution is -2.52. The van der Waals surface area contributed by atoms with Crippen LogP contribution in [0.2, 0.25) is 0 Å². The molecule has 0 atom stereocenters. The van der Waals surface area contributed by atoms with E-state index in [2.05, 4.69) is 57.8 Å². The summed E-state index contributed by atoms with van der Waals surface area (Å²) >= 11 is 0. The number of para-hydroxylation sites is 2. The fourth-order valence-electron chi connectivity index (χ4n) is 3.72. The molecule has 5 nitrogen and oxygen atoms in total. The highest BCUT2D eigenvalue weighted by Crippen LogP contribution is 2.43. The van der Waals surface area contributed by atoms with Gasteiger partial charge in [0.25, 0.3) is 0 Å². The van der Waals surface area contributed by atoms with E-state index in [-0.39, 0.29) is 11.6 Å². The molecule has 5 heteroatoms. The zero-order valence-electron chi connectivity index (χ0n) is 12.7. The molecule has 1 saturated heterocycles. The third-order valence-electron chi connectivity index (χ3n) is 4.89. The van der Waals surface area contributed by atoms with Gasteiger partial charge < -0.3 is 20.1 Å². The van der Waals surface area contributed by atoms with E-state index in [0.717, 1.165) is 25.9 Å². The lowest BCUT2D eigenvalue weighted by molar-refractivity contribution is 0.164. The van der Waals surface area contributed by atoms with Crippen molar-refractivity contribution in [3.05, 3.63) is 48.3 Å². The minimum Gasteiger partial charge on any atom is -0.372 e. The molecule has 0 saturated carbocycles. The van der Waals surface area contributed by atoms with E-state index in [0.29, 0.717) is 0 Å². The standard InChI is InChI=1S/C17H20N4O/c1-18-16(22)20-11-8-17(9-12-20)15-7-4-10-21(15)14-6-3-2-5-13(14)19-17/h2-7,10,19H,8-9,11-12H2,1H3,(H,18,22). The molecular weight excluding hydrogens is 276 g/mol. The number of carbonyl (C=O) groups excluding carboxylic acids is 1. The normalized spacial score (nSPS) is 18.3. The molecule has 114 valence electrons. The number of nitrogens with one attached hydrogen (secondary N) is 2. The van der Waals surface area contributed by atoms with Gasteiger partial charge in [-0.3, -0.25) is 0 Å². The summed E-state index contributed by atoms with van der Waals surface area (Å²) in [5.74, 6) is 0. The third kappa shape index (κ3) is 1.81. The van der Waals surface area contributed by atoms with Gasteiger partial charge in [0.1, 0.15) is 0 Å². The van der Waals surface area contributed by atoms with E-state index in [4.69, 9.17) is 0 Å². The molecule has 1 fully saturated rings. The second-order valence-corrected chi connectivity index (χ2v) is 6.03. The van der Waals surface area contributed by atoms with Crippen molar-refractivity contribution in [2.45, 2.75) is 18.4 Å². The van der Waals surface area contributed by atoms with E-state index in [1.165, 1.54) is 17.1 Å². The Morgan fingerprint density at radius 2 is 1.95 bits per heavy atom. The summed E-state index contributed by atoms with van der Waals surface area (Å²) in [7, 11) is 1.69. The largest absolute Gasteiger partial charge is 0.372 e. The van der Waals surface area contributed by atoms with Crippen molar-refractivity contribution in [2.75, 3.05) is 25.5 Å². The summed E-state index contributed by atoms with van der Waals surface area (Å²) in [6, 6.07) is 12.7. The van der Waals surface area contributed by atoms with Gasteiger partial charge in [-0.1, -0.05) is 12.1 Å². The average molecular weight is 296 g/mol. The van der Waals surface area contributed by atoms with E-state index in [9.17, 15) is 4.79 Å². The minimum absolute atomic E-state index is 0.0152. The van der Waals surface area contributed by atoms with Crippen LogP contribution in [-0.2, 0) is 5.54 Å². The predicted octanol–water partition coefficient (Wildman–Crippen LogP) is 2.53. The molecule has 1 aromatic carbocycles. The maximum Gasteiger partial charge on any atom is 0.317 e. The lowest BCUT2D eigenvalue weighted by Gasteiger charge is -2.46. The molecule has 2 aromatic rings. The van der Waals surface area contributed by atoms with E-state index in [1.807, 2.05) is 4.90 Å². The lowest BCUT2D eigenvalue weighted by atomic mass is 9.82. The van der Waals surface area contributed by atoms with Crippen LogP contribution in [0.5, 0.6) is 0 Å². The third-order valence-corrected chi connectivity index (χ3v) is 4.89. The Kier molecular flexibility index (Phi) is 2.89. The molecular formula is C17H20N4O. The SMILES string of the molecule is CNC(=O)N1CCC2(CC1)Nc1ccccc1-n1cccc12. The number of piperidine rings is 1. The molecule has 1 aromatic heterocycles. The molecule has 0 bridgehead atoms. The highest BCUT2D eigenvalue weighted by Gasteiger charge is 2.42. The fourth-order valence-corrected chi connectivity index (χ4v) is 3.72. The van der Waals surface area contributed by atoms with E-state index < -0.39 is 0 Å². The Hall–Kier alpha value is -2.43. The summed E-state index contributed by atoms with van der Waals surface area (Å²) < 4.78 is 2.28. The fraction of sp³-hybridized carbons (Fsp3) is 0.353. The first-order valence-corrected chi connectivity index (χ1v) is 7.76. The number of carbonyl (C=O) groups is 1. The number of nitrogens with zero attached hydrogens (tertiary/aromatic N) is 2. The highest BCUT2D eigenvalue weighted by atomic mass is 16.2. The number of rotatable bonds is 0. The van der Waals surface area contributed by atoms with Crippen molar-refractivity contribution >= 4 is 11.7 Å². The molecule has 0 aliphatic carbocycles. The van der Waals surface area contributed by atoms with Gasteiger partial charge in [0.15, 0.2) is 0 Å². The second kappa shape index (κ2) is 4.80. The number of amides is 2. The number of hydrogen-bond acceptors (Lipinski definition) is 2. The quantitative estimate of drug-likeness (QED) is 0.785. The van der Waals surface area contributed by atoms with Gasteiger partial charge in [0, 0.05) is 32.0 Å². The van der Waals surface area contributed by atoms with Crippen LogP contribution in [0.25, 0.3) is 5.69 Å². The Bertz CT molecular complexity index is 713. The van der Waals surface area contributed by atoms with Gasteiger partial charge in [-0.15, -0.1) is 0 Å². The van der Waals surface area contributed by atoms with E-state index >= 15 is 0 Å². The first-order valence-electron chi connectivity index (χ1n) is 7.76. The van der Waals surface area contributed by atoms with Crippen molar-refractivity contribution in [1.29, 1.82) is 0 Å². The van der Waals surface area contributed by atoms with Crippen LogP contribution in [0, 0.1) is 0 Å². The van der Waals surface area contributed by atoms with Crippen LogP contribution in [0.1, 0.15) is 18.5 Å². The van der Waals surface area contributed by atoms with Crippen molar-refractivity contribution < 1.29 is 4.79 Å². The van der Waals surface area contributed by atoms with Crippen molar-refractivity contribution in [3.8, 4) is 5.69 Å².